The fourth-order valence-corrected chi connectivity index (χ4v) is 3.21. The molecule has 98 valence electrons. The second-order valence-corrected chi connectivity index (χ2v) is 6.39. The number of ether oxygens (including phenoxy) is 1. The molecule has 0 aliphatic carbocycles. The maximum absolute atomic E-state index is 12.2. The lowest BCUT2D eigenvalue weighted by molar-refractivity contribution is -0.154. The third kappa shape index (κ3) is 2.73. The average molecular weight is 334 g/mol. The van der Waals surface area contributed by atoms with Crippen LogP contribution in [-0.2, 0) is 9.53 Å². The maximum Gasteiger partial charge on any atom is 0.334 e. The molecular weight excluding hydrogens is 322 g/mol. The monoisotopic (exact) mass is 333 g/mol. The molecule has 1 N–H and O–H groups in total. The highest BCUT2D eigenvalue weighted by atomic mass is 79.9. The van der Waals surface area contributed by atoms with Crippen LogP contribution in [0.3, 0.4) is 0 Å². The fourth-order valence-electron chi connectivity index (χ4n) is 1.70. The summed E-state index contributed by atoms with van der Waals surface area (Å²) in [4.78, 5) is 25.2. The SMILES string of the molecule is Cc1cc(C(=O)N2CCOC(C(=O)O)C2)sc1Br. The van der Waals surface area contributed by atoms with Crippen molar-refractivity contribution >= 4 is 39.1 Å². The zero-order valence-electron chi connectivity index (χ0n) is 9.68. The number of aryl methyl sites for hydroxylation is 1. The standard InChI is InChI=1S/C11H12BrNO4S/c1-6-4-8(18-9(6)12)10(14)13-2-3-17-7(5-13)11(15)16/h4,7H,2-3,5H2,1H3,(H,15,16). The highest BCUT2D eigenvalue weighted by Gasteiger charge is 2.30. The summed E-state index contributed by atoms with van der Waals surface area (Å²) in [7, 11) is 0. The molecular formula is C11H12BrNO4S. The molecule has 1 aromatic rings. The summed E-state index contributed by atoms with van der Waals surface area (Å²) in [5.41, 5.74) is 1.01. The van der Waals surface area contributed by atoms with Crippen LogP contribution in [0.4, 0.5) is 0 Å². The predicted molar refractivity (Wildman–Crippen MR) is 70.0 cm³/mol. The number of carboxylic acid groups (broad SMARTS) is 1. The predicted octanol–water partition coefficient (Wildman–Crippen LogP) is 1.74. The van der Waals surface area contributed by atoms with E-state index in [0.29, 0.717) is 11.4 Å². The van der Waals surface area contributed by atoms with E-state index >= 15 is 0 Å². The molecule has 0 radical (unpaired) electrons. The smallest absolute Gasteiger partial charge is 0.334 e. The molecule has 7 heteroatoms. The number of nitrogens with zero attached hydrogens (tertiary/aromatic N) is 1. The van der Waals surface area contributed by atoms with Crippen molar-refractivity contribution in [2.24, 2.45) is 0 Å². The van der Waals surface area contributed by atoms with Gasteiger partial charge in [0.15, 0.2) is 6.10 Å². The van der Waals surface area contributed by atoms with Gasteiger partial charge in [-0.2, -0.15) is 0 Å². The first-order chi connectivity index (χ1) is 8.49. The van der Waals surface area contributed by atoms with Crippen molar-refractivity contribution in [2.45, 2.75) is 13.0 Å². The number of carbonyl (C=O) groups excluding carboxylic acids is 1. The molecule has 0 saturated carbocycles. The lowest BCUT2D eigenvalue weighted by Crippen LogP contribution is -2.48. The zero-order chi connectivity index (χ0) is 13.3. The van der Waals surface area contributed by atoms with Crippen LogP contribution in [0.2, 0.25) is 0 Å². The van der Waals surface area contributed by atoms with E-state index in [9.17, 15) is 9.59 Å². The van der Waals surface area contributed by atoms with Crippen molar-refractivity contribution in [2.75, 3.05) is 19.7 Å². The molecule has 0 aromatic carbocycles. The molecule has 1 unspecified atom stereocenters. The first-order valence-corrected chi connectivity index (χ1v) is 6.99. The topological polar surface area (TPSA) is 66.8 Å². The van der Waals surface area contributed by atoms with Gasteiger partial charge in [0, 0.05) is 6.54 Å². The molecule has 18 heavy (non-hydrogen) atoms. The summed E-state index contributed by atoms with van der Waals surface area (Å²) in [6.07, 6.45) is -0.924. The van der Waals surface area contributed by atoms with E-state index in [4.69, 9.17) is 9.84 Å². The molecule has 1 aliphatic rings. The number of rotatable bonds is 2. The maximum atomic E-state index is 12.2. The van der Waals surface area contributed by atoms with Gasteiger partial charge in [0.2, 0.25) is 0 Å². The summed E-state index contributed by atoms with van der Waals surface area (Å²) in [5.74, 6) is -1.17. The van der Waals surface area contributed by atoms with E-state index < -0.39 is 12.1 Å². The molecule has 1 fully saturated rings. The van der Waals surface area contributed by atoms with E-state index in [1.807, 2.05) is 13.0 Å². The second kappa shape index (κ2) is 5.38. The van der Waals surface area contributed by atoms with Gasteiger partial charge in [0.25, 0.3) is 5.91 Å². The van der Waals surface area contributed by atoms with Crippen LogP contribution >= 0.6 is 27.3 Å². The second-order valence-electron chi connectivity index (χ2n) is 4.02. The number of halogens is 1. The lowest BCUT2D eigenvalue weighted by Gasteiger charge is -2.30. The Hall–Kier alpha value is -0.920. The fraction of sp³-hybridized carbons (Fsp3) is 0.455. The first-order valence-electron chi connectivity index (χ1n) is 5.38. The van der Waals surface area contributed by atoms with Crippen molar-refractivity contribution < 1.29 is 19.4 Å². The van der Waals surface area contributed by atoms with E-state index in [2.05, 4.69) is 15.9 Å². The summed E-state index contributed by atoms with van der Waals surface area (Å²) >= 11 is 4.74. The Morgan fingerprint density at radius 3 is 2.89 bits per heavy atom. The average Bonchev–Trinajstić information content (AvgIpc) is 2.69. The first kappa shape index (κ1) is 13.5. The minimum absolute atomic E-state index is 0.0999. The van der Waals surface area contributed by atoms with Gasteiger partial charge in [-0.05, 0) is 34.5 Å². The molecule has 1 aliphatic heterocycles. The Balaban J connectivity index is 2.11. The quantitative estimate of drug-likeness (QED) is 0.895. The molecule has 0 bridgehead atoms. The highest BCUT2D eigenvalue weighted by Crippen LogP contribution is 2.28. The van der Waals surface area contributed by atoms with E-state index in [1.54, 1.807) is 0 Å². The molecule has 5 nitrogen and oxygen atoms in total. The number of aliphatic carboxylic acids is 1. The largest absolute Gasteiger partial charge is 0.479 e. The van der Waals surface area contributed by atoms with Gasteiger partial charge in [-0.1, -0.05) is 0 Å². The molecule has 2 heterocycles. The minimum atomic E-state index is -1.03. The Kier molecular flexibility index (Phi) is 4.04. The van der Waals surface area contributed by atoms with Crippen LogP contribution in [0, 0.1) is 6.92 Å². The van der Waals surface area contributed by atoms with Gasteiger partial charge < -0.3 is 14.7 Å². The Morgan fingerprint density at radius 1 is 1.61 bits per heavy atom. The van der Waals surface area contributed by atoms with E-state index in [0.717, 1.165) is 9.35 Å². The van der Waals surface area contributed by atoms with Crippen LogP contribution in [0.25, 0.3) is 0 Å². The van der Waals surface area contributed by atoms with E-state index in [-0.39, 0.29) is 19.1 Å². The zero-order valence-corrected chi connectivity index (χ0v) is 12.1. The lowest BCUT2D eigenvalue weighted by atomic mass is 10.2. The minimum Gasteiger partial charge on any atom is -0.479 e. The Labute approximate surface area is 116 Å². The molecule has 1 saturated heterocycles. The summed E-state index contributed by atoms with van der Waals surface area (Å²) in [6.45, 7) is 2.70. The van der Waals surface area contributed by atoms with Crippen LogP contribution in [0.15, 0.2) is 9.85 Å². The molecule has 2 rings (SSSR count). The summed E-state index contributed by atoms with van der Waals surface area (Å²) in [5, 5.41) is 8.89. The highest BCUT2D eigenvalue weighted by molar-refractivity contribution is 9.11. The Morgan fingerprint density at radius 2 is 2.33 bits per heavy atom. The number of hydrogen-bond donors (Lipinski definition) is 1. The normalized spacial score (nSPS) is 19.9. The number of thiophene rings is 1. The van der Waals surface area contributed by atoms with Gasteiger partial charge in [-0.15, -0.1) is 11.3 Å². The van der Waals surface area contributed by atoms with Crippen molar-refractivity contribution in [3.05, 3.63) is 20.3 Å². The van der Waals surface area contributed by atoms with Gasteiger partial charge in [-0.3, -0.25) is 4.79 Å². The van der Waals surface area contributed by atoms with Gasteiger partial charge in [-0.25, -0.2) is 4.79 Å². The van der Waals surface area contributed by atoms with Crippen LogP contribution in [0.1, 0.15) is 15.2 Å². The third-order valence-electron chi connectivity index (χ3n) is 2.70. The van der Waals surface area contributed by atoms with Crippen molar-refractivity contribution in [3.8, 4) is 0 Å². The molecule has 1 atom stereocenters. The summed E-state index contributed by atoms with van der Waals surface area (Å²) < 4.78 is 6.01. The molecule has 0 spiro atoms. The number of amides is 1. The number of carbonyl (C=O) groups is 2. The summed E-state index contributed by atoms with van der Waals surface area (Å²) in [6, 6.07) is 1.81. The van der Waals surface area contributed by atoms with Crippen molar-refractivity contribution in [3.63, 3.8) is 0 Å². The van der Waals surface area contributed by atoms with Crippen LogP contribution in [0.5, 0.6) is 0 Å². The van der Waals surface area contributed by atoms with Crippen molar-refractivity contribution in [1.82, 2.24) is 4.90 Å². The molecule has 1 amide bonds. The Bertz CT molecular complexity index is 468. The van der Waals surface area contributed by atoms with Crippen LogP contribution < -0.4 is 0 Å². The van der Waals surface area contributed by atoms with Gasteiger partial charge in [0.1, 0.15) is 0 Å². The number of carboxylic acids is 1. The number of morpholine rings is 1. The molecule has 1 aromatic heterocycles. The van der Waals surface area contributed by atoms with Gasteiger partial charge >= 0.3 is 5.97 Å². The van der Waals surface area contributed by atoms with Crippen LogP contribution in [-0.4, -0.2) is 47.7 Å². The van der Waals surface area contributed by atoms with E-state index in [1.165, 1.54) is 16.2 Å². The number of hydrogen-bond acceptors (Lipinski definition) is 4. The third-order valence-corrected chi connectivity index (χ3v) is 4.82. The van der Waals surface area contributed by atoms with Gasteiger partial charge in [0.05, 0.1) is 21.8 Å². The van der Waals surface area contributed by atoms with Crippen molar-refractivity contribution in [1.29, 1.82) is 0 Å².